The number of benzene rings is 2. The van der Waals surface area contributed by atoms with E-state index in [1.807, 2.05) is 19.9 Å². The van der Waals surface area contributed by atoms with E-state index in [4.69, 9.17) is 9.15 Å². The van der Waals surface area contributed by atoms with Gasteiger partial charge in [0.2, 0.25) is 5.69 Å². The third-order valence-electron chi connectivity index (χ3n) is 6.01. The van der Waals surface area contributed by atoms with Crippen molar-refractivity contribution in [3.05, 3.63) is 53.4 Å². The Morgan fingerprint density at radius 3 is 2.69 bits per heavy atom. The van der Waals surface area contributed by atoms with Gasteiger partial charge in [0.1, 0.15) is 24.1 Å². The Kier molecular flexibility index (Phi) is 3.58. The maximum atomic E-state index is 9.47. The Hall–Kier alpha value is -3.32. The zero-order valence-corrected chi connectivity index (χ0v) is 17.4. The summed E-state index contributed by atoms with van der Waals surface area (Å²) in [5.74, 6) is 1.70. The normalized spacial score (nSPS) is 12.7. The number of nitrogens with zero attached hydrogens (tertiary/aromatic N) is 2. The first-order chi connectivity index (χ1) is 13.8. The van der Waals surface area contributed by atoms with Crippen molar-refractivity contribution >= 4 is 21.7 Å². The molecule has 2 aromatic heterocycles. The predicted molar refractivity (Wildman–Crippen MR) is 113 cm³/mol. The van der Waals surface area contributed by atoms with Crippen molar-refractivity contribution in [2.24, 2.45) is 12.5 Å². The van der Waals surface area contributed by atoms with Crippen LogP contribution in [-0.4, -0.2) is 0 Å². The standard InChI is InChI=1S/C25H23N2O2/c1-14-18-7-9-28-23(18)15(2)24-20(14)22-21-17(6-8-27(22)5)10-16(11-19(21)29-24)12-25(3,4)13-26/h6-11H,12H2,1-5H3/q+1. The van der Waals surface area contributed by atoms with Crippen LogP contribution in [0.25, 0.3) is 33.0 Å². The molecule has 2 aromatic carbocycles. The van der Waals surface area contributed by atoms with Gasteiger partial charge in [0.25, 0.3) is 0 Å². The molecule has 0 saturated carbocycles. The fourth-order valence-electron chi connectivity index (χ4n) is 4.57. The summed E-state index contributed by atoms with van der Waals surface area (Å²) in [6.45, 7) is 8.12. The number of rotatable bonds is 2. The van der Waals surface area contributed by atoms with Crippen LogP contribution in [0.1, 0.15) is 30.5 Å². The number of aryl methyl sites for hydroxylation is 3. The van der Waals surface area contributed by atoms with Gasteiger partial charge in [-0.2, -0.15) is 5.26 Å². The van der Waals surface area contributed by atoms with Crippen LogP contribution in [0.4, 0.5) is 0 Å². The first-order valence-corrected chi connectivity index (χ1v) is 9.86. The summed E-state index contributed by atoms with van der Waals surface area (Å²) in [5.41, 5.74) is 6.02. The molecule has 144 valence electrons. The number of pyridine rings is 1. The molecular weight excluding hydrogens is 360 g/mol. The van der Waals surface area contributed by atoms with E-state index in [1.165, 1.54) is 0 Å². The van der Waals surface area contributed by atoms with Crippen LogP contribution in [-0.2, 0) is 13.5 Å². The molecule has 4 aromatic rings. The van der Waals surface area contributed by atoms with E-state index < -0.39 is 5.41 Å². The minimum absolute atomic E-state index is 0.428. The molecule has 3 heterocycles. The number of nitriles is 1. The number of fused-ring (bicyclic) bond motifs is 3. The zero-order chi connectivity index (χ0) is 20.5. The molecule has 0 aliphatic carbocycles. The van der Waals surface area contributed by atoms with Crippen molar-refractivity contribution in [2.45, 2.75) is 34.1 Å². The van der Waals surface area contributed by atoms with E-state index in [-0.39, 0.29) is 0 Å². The van der Waals surface area contributed by atoms with Gasteiger partial charge in [-0.05, 0) is 62.8 Å². The smallest absolute Gasteiger partial charge is 0.228 e. The molecule has 0 saturated heterocycles. The van der Waals surface area contributed by atoms with Gasteiger partial charge in [0, 0.05) is 17.0 Å². The van der Waals surface area contributed by atoms with Crippen molar-refractivity contribution in [3.63, 3.8) is 0 Å². The summed E-state index contributed by atoms with van der Waals surface area (Å²) in [6.07, 6.45) is 4.52. The van der Waals surface area contributed by atoms with Crippen LogP contribution in [0.5, 0.6) is 11.5 Å². The third kappa shape index (κ3) is 2.47. The molecule has 0 fully saturated rings. The summed E-state index contributed by atoms with van der Waals surface area (Å²) in [7, 11) is 2.08. The molecule has 0 radical (unpaired) electrons. The Morgan fingerprint density at radius 1 is 1.14 bits per heavy atom. The van der Waals surface area contributed by atoms with Gasteiger partial charge in [-0.25, -0.2) is 4.57 Å². The van der Waals surface area contributed by atoms with Gasteiger partial charge in [0.05, 0.1) is 28.7 Å². The second kappa shape index (κ2) is 5.84. The number of aromatic nitrogens is 1. The van der Waals surface area contributed by atoms with Crippen LogP contribution in [0.15, 0.2) is 41.1 Å². The molecule has 0 spiro atoms. The second-order valence-electron chi connectivity index (χ2n) is 8.73. The number of ether oxygens (including phenoxy) is 1. The summed E-state index contributed by atoms with van der Waals surface area (Å²) in [4.78, 5) is 0. The molecule has 1 aliphatic rings. The maximum absolute atomic E-state index is 9.47. The minimum Gasteiger partial charge on any atom is -0.464 e. The highest BCUT2D eigenvalue weighted by Crippen LogP contribution is 2.50. The van der Waals surface area contributed by atoms with Gasteiger partial charge in [-0.3, -0.25) is 0 Å². The van der Waals surface area contributed by atoms with E-state index in [0.29, 0.717) is 6.42 Å². The van der Waals surface area contributed by atoms with Crippen LogP contribution >= 0.6 is 0 Å². The van der Waals surface area contributed by atoms with E-state index in [9.17, 15) is 5.26 Å². The lowest BCUT2D eigenvalue weighted by Crippen LogP contribution is -2.32. The van der Waals surface area contributed by atoms with Crippen LogP contribution in [0, 0.1) is 30.6 Å². The molecule has 0 amide bonds. The highest BCUT2D eigenvalue weighted by atomic mass is 16.5. The Labute approximate surface area is 169 Å². The molecule has 1 aliphatic heterocycles. The number of furan rings is 1. The SMILES string of the molecule is Cc1c2c(c(C)c3occc13)Oc1cc(CC(C)(C)C#N)cc3cc[n+](C)c-2c13. The van der Waals surface area contributed by atoms with Crippen molar-refractivity contribution in [1.82, 2.24) is 0 Å². The van der Waals surface area contributed by atoms with Crippen LogP contribution < -0.4 is 9.30 Å². The minimum atomic E-state index is -0.428. The average molecular weight is 383 g/mol. The van der Waals surface area contributed by atoms with E-state index in [0.717, 1.165) is 61.2 Å². The third-order valence-corrected chi connectivity index (χ3v) is 6.01. The summed E-state index contributed by atoms with van der Waals surface area (Å²) in [5, 5.41) is 12.8. The lowest BCUT2D eigenvalue weighted by molar-refractivity contribution is -0.659. The molecule has 0 atom stereocenters. The fraction of sp³-hybridized carbons (Fsp3) is 0.280. The Balaban J connectivity index is 1.86. The molecule has 0 unspecified atom stereocenters. The molecule has 0 N–H and O–H groups in total. The predicted octanol–water partition coefficient (Wildman–Crippen LogP) is 5.89. The topological polar surface area (TPSA) is 50.0 Å². The van der Waals surface area contributed by atoms with Gasteiger partial charge in [0.15, 0.2) is 6.20 Å². The van der Waals surface area contributed by atoms with Crippen molar-refractivity contribution in [3.8, 4) is 28.8 Å². The number of hydrogen-bond donors (Lipinski definition) is 0. The molecule has 5 rings (SSSR count). The summed E-state index contributed by atoms with van der Waals surface area (Å²) < 4.78 is 14.5. The molecule has 4 nitrogen and oxygen atoms in total. The van der Waals surface area contributed by atoms with E-state index >= 15 is 0 Å². The highest BCUT2D eigenvalue weighted by Gasteiger charge is 2.33. The van der Waals surface area contributed by atoms with Gasteiger partial charge >= 0.3 is 0 Å². The van der Waals surface area contributed by atoms with Crippen molar-refractivity contribution < 1.29 is 13.7 Å². The molecule has 29 heavy (non-hydrogen) atoms. The van der Waals surface area contributed by atoms with Crippen LogP contribution in [0.3, 0.4) is 0 Å². The lowest BCUT2D eigenvalue weighted by atomic mass is 9.85. The highest BCUT2D eigenvalue weighted by molar-refractivity contribution is 6.05. The van der Waals surface area contributed by atoms with Crippen molar-refractivity contribution in [2.75, 3.05) is 0 Å². The lowest BCUT2D eigenvalue weighted by Gasteiger charge is -2.24. The first-order valence-electron chi connectivity index (χ1n) is 9.86. The van der Waals surface area contributed by atoms with Gasteiger partial charge in [-0.1, -0.05) is 6.07 Å². The van der Waals surface area contributed by atoms with Gasteiger partial charge in [-0.15, -0.1) is 0 Å². The van der Waals surface area contributed by atoms with E-state index in [2.05, 4.69) is 55.9 Å². The molecular formula is C25H23N2O2+. The monoisotopic (exact) mass is 383 g/mol. The maximum Gasteiger partial charge on any atom is 0.228 e. The zero-order valence-electron chi connectivity index (χ0n) is 17.4. The Bertz CT molecular complexity index is 1370. The first kappa shape index (κ1) is 17.8. The molecule has 0 bridgehead atoms. The quantitative estimate of drug-likeness (QED) is 0.357. The van der Waals surface area contributed by atoms with Crippen LogP contribution in [0.2, 0.25) is 0 Å². The Morgan fingerprint density at radius 2 is 1.93 bits per heavy atom. The fourth-order valence-corrected chi connectivity index (χ4v) is 4.57. The summed E-state index contributed by atoms with van der Waals surface area (Å²) >= 11 is 0. The number of hydrogen-bond acceptors (Lipinski definition) is 3. The van der Waals surface area contributed by atoms with Gasteiger partial charge < -0.3 is 9.15 Å². The second-order valence-corrected chi connectivity index (χ2v) is 8.73. The summed E-state index contributed by atoms with van der Waals surface area (Å²) in [6, 6.07) is 10.8. The van der Waals surface area contributed by atoms with E-state index in [1.54, 1.807) is 6.26 Å². The average Bonchev–Trinajstić information content (AvgIpc) is 3.18. The van der Waals surface area contributed by atoms with Crippen molar-refractivity contribution in [1.29, 1.82) is 5.26 Å². The molecule has 4 heteroatoms. The largest absolute Gasteiger partial charge is 0.464 e.